The van der Waals surface area contributed by atoms with Gasteiger partial charge in [-0.25, -0.2) is 13.1 Å². The maximum Gasteiger partial charge on any atom is 0.213 e. The largest absolute Gasteiger partial charge is 0.370 e. The molecule has 1 saturated heterocycles. The monoisotopic (exact) mass is 500 g/mol. The van der Waals surface area contributed by atoms with Crippen LogP contribution in [0.3, 0.4) is 0 Å². The lowest BCUT2D eigenvalue weighted by Crippen LogP contribution is -2.49. The Morgan fingerprint density at radius 2 is 2.23 bits per heavy atom. The summed E-state index contributed by atoms with van der Waals surface area (Å²) in [5, 5.41) is 7.31. The van der Waals surface area contributed by atoms with Crippen LogP contribution in [-0.2, 0) is 21.8 Å². The number of morpholine rings is 1. The van der Waals surface area contributed by atoms with Gasteiger partial charge < -0.3 is 15.0 Å². The van der Waals surface area contributed by atoms with Crippen molar-refractivity contribution in [3.05, 3.63) is 18.0 Å². The van der Waals surface area contributed by atoms with Crippen LogP contribution in [0.2, 0.25) is 0 Å². The van der Waals surface area contributed by atoms with Crippen LogP contribution in [0.5, 0.6) is 0 Å². The Balaban J connectivity index is 0.00000338. The number of nitrogens with zero attached hydrogens (tertiary/aromatic N) is 4. The normalized spacial score (nSPS) is 18.7. The summed E-state index contributed by atoms with van der Waals surface area (Å²) >= 11 is 0. The van der Waals surface area contributed by atoms with Crippen LogP contribution in [0.15, 0.2) is 17.4 Å². The highest BCUT2D eigenvalue weighted by molar-refractivity contribution is 14.0. The molecule has 0 aromatic carbocycles. The zero-order valence-corrected chi connectivity index (χ0v) is 18.8. The molecule has 0 aliphatic carbocycles. The molecule has 2 N–H and O–H groups in total. The van der Waals surface area contributed by atoms with Crippen molar-refractivity contribution in [2.45, 2.75) is 26.0 Å². The van der Waals surface area contributed by atoms with Crippen molar-refractivity contribution in [3.63, 3.8) is 0 Å². The topological polar surface area (TPSA) is 101 Å². The molecule has 1 aromatic rings. The summed E-state index contributed by atoms with van der Waals surface area (Å²) in [6, 6.07) is -0.108. The molecule has 1 aliphatic heterocycles. The summed E-state index contributed by atoms with van der Waals surface area (Å²) in [7, 11) is 0.275. The van der Waals surface area contributed by atoms with E-state index in [1.807, 2.05) is 13.2 Å². The Bertz CT molecular complexity index is 691. The lowest BCUT2D eigenvalue weighted by molar-refractivity contribution is -0.00798. The molecule has 1 unspecified atom stereocenters. The van der Waals surface area contributed by atoms with Gasteiger partial charge in [0.2, 0.25) is 10.0 Å². The summed E-state index contributed by atoms with van der Waals surface area (Å²) in [5.74, 6) is 0.678. The summed E-state index contributed by atoms with van der Waals surface area (Å²) in [6.45, 7) is 5.82. The molecule has 9 nitrogen and oxygen atoms in total. The number of guanidine groups is 1. The zero-order valence-electron chi connectivity index (χ0n) is 15.7. The third-order valence-corrected chi connectivity index (χ3v) is 5.32. The molecule has 0 bridgehead atoms. The molecule has 11 heteroatoms. The van der Waals surface area contributed by atoms with E-state index in [-0.39, 0.29) is 41.9 Å². The van der Waals surface area contributed by atoms with Crippen LogP contribution < -0.4 is 10.0 Å². The minimum atomic E-state index is -3.29. The van der Waals surface area contributed by atoms with Crippen molar-refractivity contribution >= 4 is 40.0 Å². The first-order valence-electron chi connectivity index (χ1n) is 8.36. The number of sulfonamides is 1. The Morgan fingerprint density at radius 3 is 2.81 bits per heavy atom. The van der Waals surface area contributed by atoms with Gasteiger partial charge in [-0.1, -0.05) is 0 Å². The fourth-order valence-electron chi connectivity index (χ4n) is 2.70. The number of ether oxygens (including phenoxy) is 1. The van der Waals surface area contributed by atoms with Gasteiger partial charge in [0, 0.05) is 45.0 Å². The van der Waals surface area contributed by atoms with Crippen molar-refractivity contribution in [1.82, 2.24) is 24.7 Å². The second kappa shape index (κ2) is 10.4. The molecular formula is C15H29IN6O3S. The Labute approximate surface area is 172 Å². The van der Waals surface area contributed by atoms with Gasteiger partial charge in [0.15, 0.2) is 5.96 Å². The van der Waals surface area contributed by atoms with Gasteiger partial charge in [-0.05, 0) is 13.8 Å². The number of aliphatic imine (C=N–C) groups is 1. The van der Waals surface area contributed by atoms with E-state index in [0.717, 1.165) is 5.56 Å². The van der Waals surface area contributed by atoms with Crippen LogP contribution >= 0.6 is 24.0 Å². The molecule has 2 rings (SSSR count). The minimum Gasteiger partial charge on any atom is -0.370 e. The summed E-state index contributed by atoms with van der Waals surface area (Å²) in [5.41, 5.74) is 1.02. The predicted molar refractivity (Wildman–Crippen MR) is 112 cm³/mol. The quantitative estimate of drug-likeness (QED) is 0.332. The lowest BCUT2D eigenvalue weighted by Gasteiger charge is -2.34. The first-order chi connectivity index (χ1) is 11.8. The van der Waals surface area contributed by atoms with Crippen molar-refractivity contribution in [2.75, 3.05) is 39.0 Å². The summed E-state index contributed by atoms with van der Waals surface area (Å²) < 4.78 is 33.9. The molecule has 2 heterocycles. The molecule has 1 aliphatic rings. The standard InChI is InChI=1S/C15H28N6O3S.HI/c1-12(2)19-25(22,23)8-5-17-15(16-3)21-6-7-24-14(11-21)13-9-18-20(4)10-13;/h9-10,12,14,19H,5-8,11H2,1-4H3,(H,16,17);1H. The second-order valence-corrected chi connectivity index (χ2v) is 8.19. The van der Waals surface area contributed by atoms with Crippen LogP contribution in [0.1, 0.15) is 25.5 Å². The number of rotatable bonds is 6. The molecule has 0 radical (unpaired) electrons. The highest BCUT2D eigenvalue weighted by Crippen LogP contribution is 2.21. The predicted octanol–water partition coefficient (Wildman–Crippen LogP) is 0.315. The highest BCUT2D eigenvalue weighted by atomic mass is 127. The average Bonchev–Trinajstić information content (AvgIpc) is 2.97. The Morgan fingerprint density at radius 1 is 1.50 bits per heavy atom. The number of aromatic nitrogens is 2. The first kappa shape index (κ1) is 23.1. The molecule has 1 aromatic heterocycles. The van der Waals surface area contributed by atoms with Crippen LogP contribution in [0.4, 0.5) is 0 Å². The van der Waals surface area contributed by atoms with E-state index in [2.05, 4.69) is 25.0 Å². The first-order valence-corrected chi connectivity index (χ1v) is 10.0. The smallest absolute Gasteiger partial charge is 0.213 e. The number of nitrogens with one attached hydrogen (secondary N) is 2. The van der Waals surface area contributed by atoms with Crippen LogP contribution in [0.25, 0.3) is 0 Å². The van der Waals surface area contributed by atoms with Crippen molar-refractivity contribution < 1.29 is 13.2 Å². The number of halogens is 1. The van der Waals surface area contributed by atoms with E-state index in [4.69, 9.17) is 4.74 Å². The van der Waals surface area contributed by atoms with E-state index >= 15 is 0 Å². The molecular weight excluding hydrogens is 471 g/mol. The van der Waals surface area contributed by atoms with Crippen LogP contribution in [-0.4, -0.2) is 74.1 Å². The molecule has 1 atom stereocenters. The van der Waals surface area contributed by atoms with E-state index in [0.29, 0.717) is 32.2 Å². The molecule has 0 saturated carbocycles. The van der Waals surface area contributed by atoms with E-state index < -0.39 is 10.0 Å². The van der Waals surface area contributed by atoms with E-state index in [9.17, 15) is 8.42 Å². The Hall–Kier alpha value is -0.920. The number of hydrogen-bond donors (Lipinski definition) is 2. The third-order valence-electron chi connectivity index (χ3n) is 3.74. The van der Waals surface area contributed by atoms with Gasteiger partial charge in [0.05, 0.1) is 25.1 Å². The summed E-state index contributed by atoms with van der Waals surface area (Å²) in [4.78, 5) is 6.34. The zero-order chi connectivity index (χ0) is 18.4. The fraction of sp³-hybridized carbons (Fsp3) is 0.733. The lowest BCUT2D eigenvalue weighted by atomic mass is 10.1. The van der Waals surface area contributed by atoms with Crippen molar-refractivity contribution in [1.29, 1.82) is 0 Å². The minimum absolute atomic E-state index is 0. The van der Waals surface area contributed by atoms with Gasteiger partial charge in [-0.2, -0.15) is 5.10 Å². The molecule has 0 spiro atoms. The SMILES string of the molecule is CN=C(NCCS(=O)(=O)NC(C)C)N1CCOC(c2cnn(C)c2)C1.I. The average molecular weight is 500 g/mol. The van der Waals surface area contributed by atoms with Crippen LogP contribution in [0, 0.1) is 0 Å². The van der Waals surface area contributed by atoms with Gasteiger partial charge in [0.25, 0.3) is 0 Å². The molecule has 150 valence electrons. The van der Waals surface area contributed by atoms with Gasteiger partial charge in [-0.3, -0.25) is 9.67 Å². The number of hydrogen-bond acceptors (Lipinski definition) is 5. The van der Waals surface area contributed by atoms with Crippen molar-refractivity contribution in [3.8, 4) is 0 Å². The Kier molecular flexibility index (Phi) is 9.27. The molecule has 26 heavy (non-hydrogen) atoms. The third kappa shape index (κ3) is 7.00. The molecule has 1 fully saturated rings. The van der Waals surface area contributed by atoms with Gasteiger partial charge in [-0.15, -0.1) is 24.0 Å². The number of aryl methyl sites for hydroxylation is 1. The van der Waals surface area contributed by atoms with Crippen molar-refractivity contribution in [2.24, 2.45) is 12.0 Å². The van der Waals surface area contributed by atoms with E-state index in [1.165, 1.54) is 0 Å². The second-order valence-electron chi connectivity index (χ2n) is 6.32. The fourth-order valence-corrected chi connectivity index (χ4v) is 3.90. The van der Waals surface area contributed by atoms with Gasteiger partial charge in [0.1, 0.15) is 6.10 Å². The summed E-state index contributed by atoms with van der Waals surface area (Å²) in [6.07, 6.45) is 3.66. The van der Waals surface area contributed by atoms with Gasteiger partial charge >= 0.3 is 0 Å². The maximum atomic E-state index is 11.9. The van der Waals surface area contributed by atoms with E-state index in [1.54, 1.807) is 31.8 Å². The highest BCUT2D eigenvalue weighted by Gasteiger charge is 2.25. The molecule has 0 amide bonds. The maximum absolute atomic E-state index is 11.9.